The molecule has 0 saturated heterocycles. The Kier molecular flexibility index (Phi) is 4.84. The second kappa shape index (κ2) is 7.02. The van der Waals surface area contributed by atoms with E-state index in [4.69, 9.17) is 16.3 Å². The van der Waals surface area contributed by atoms with Gasteiger partial charge >= 0.3 is 0 Å². The van der Waals surface area contributed by atoms with E-state index in [0.29, 0.717) is 17.2 Å². The molecular weight excluding hydrogens is 314 g/mol. The van der Waals surface area contributed by atoms with Crippen LogP contribution in [0.15, 0.2) is 48.5 Å². The summed E-state index contributed by atoms with van der Waals surface area (Å²) in [4.78, 5) is 12.1. The van der Waals surface area contributed by atoms with Gasteiger partial charge < -0.3 is 15.2 Å². The molecule has 1 aliphatic rings. The highest BCUT2D eigenvalue weighted by molar-refractivity contribution is 6.32. The van der Waals surface area contributed by atoms with Crippen molar-refractivity contribution in [1.82, 2.24) is 5.32 Å². The molecule has 1 amide bonds. The molecule has 4 nitrogen and oxygen atoms in total. The molecular formula is C18H18ClNO3. The molecule has 1 aliphatic carbocycles. The van der Waals surface area contributed by atoms with Gasteiger partial charge in [-0.25, -0.2) is 0 Å². The molecule has 0 radical (unpaired) electrons. The lowest BCUT2D eigenvalue weighted by molar-refractivity contribution is -0.123. The van der Waals surface area contributed by atoms with E-state index in [-0.39, 0.29) is 25.0 Å². The van der Waals surface area contributed by atoms with Gasteiger partial charge in [-0.2, -0.15) is 0 Å². The minimum Gasteiger partial charge on any atom is -0.491 e. The number of rotatable bonds is 5. The quantitative estimate of drug-likeness (QED) is 0.885. The molecule has 0 spiro atoms. The number of halogens is 1. The number of carbonyl (C=O) groups is 1. The molecule has 0 heterocycles. The molecule has 0 aliphatic heterocycles. The summed E-state index contributed by atoms with van der Waals surface area (Å²) in [5.74, 6) is 0.408. The molecule has 5 heteroatoms. The number of para-hydroxylation sites is 1. The third-order valence-electron chi connectivity index (χ3n) is 3.94. The highest BCUT2D eigenvalue weighted by Crippen LogP contribution is 2.31. The van der Waals surface area contributed by atoms with Gasteiger partial charge in [-0.15, -0.1) is 0 Å². The summed E-state index contributed by atoms with van der Waals surface area (Å²) >= 11 is 5.99. The fourth-order valence-electron chi connectivity index (χ4n) is 2.81. The van der Waals surface area contributed by atoms with Crippen molar-refractivity contribution in [3.8, 4) is 5.75 Å². The summed E-state index contributed by atoms with van der Waals surface area (Å²) in [5.41, 5.74) is 2.07. The van der Waals surface area contributed by atoms with E-state index in [9.17, 15) is 9.90 Å². The Bertz CT molecular complexity index is 704. The maximum absolute atomic E-state index is 12.1. The Morgan fingerprint density at radius 1 is 1.22 bits per heavy atom. The van der Waals surface area contributed by atoms with Gasteiger partial charge in [0.1, 0.15) is 5.75 Å². The van der Waals surface area contributed by atoms with E-state index in [1.54, 1.807) is 12.1 Å². The maximum Gasteiger partial charge on any atom is 0.224 e. The number of amides is 1. The van der Waals surface area contributed by atoms with E-state index in [1.807, 2.05) is 36.4 Å². The van der Waals surface area contributed by atoms with Crippen molar-refractivity contribution in [3.05, 3.63) is 64.7 Å². The molecule has 3 rings (SSSR count). The van der Waals surface area contributed by atoms with Crippen LogP contribution in [-0.2, 0) is 11.2 Å². The molecule has 23 heavy (non-hydrogen) atoms. The van der Waals surface area contributed by atoms with Gasteiger partial charge in [0.25, 0.3) is 0 Å². The van der Waals surface area contributed by atoms with Crippen LogP contribution in [-0.4, -0.2) is 23.7 Å². The van der Waals surface area contributed by atoms with Crippen LogP contribution < -0.4 is 10.1 Å². The van der Waals surface area contributed by atoms with Crippen LogP contribution in [0.1, 0.15) is 23.6 Å². The Morgan fingerprint density at radius 2 is 1.96 bits per heavy atom. The number of aliphatic hydroxyl groups is 1. The number of ether oxygens (including phenoxy) is 1. The first kappa shape index (κ1) is 15.8. The van der Waals surface area contributed by atoms with E-state index in [0.717, 1.165) is 11.1 Å². The van der Waals surface area contributed by atoms with Crippen LogP contribution in [0.25, 0.3) is 0 Å². The summed E-state index contributed by atoms with van der Waals surface area (Å²) in [5, 5.41) is 13.5. The molecule has 2 N–H and O–H groups in total. The fourth-order valence-corrected chi connectivity index (χ4v) is 3.00. The zero-order valence-corrected chi connectivity index (χ0v) is 13.3. The minimum atomic E-state index is -0.583. The lowest BCUT2D eigenvalue weighted by Crippen LogP contribution is -2.34. The van der Waals surface area contributed by atoms with Gasteiger partial charge in [-0.05, 0) is 23.3 Å². The Labute approximate surface area is 140 Å². The van der Waals surface area contributed by atoms with Crippen LogP contribution in [0.2, 0.25) is 5.02 Å². The lowest BCUT2D eigenvalue weighted by atomic mass is 10.1. The Balaban J connectivity index is 1.53. The van der Waals surface area contributed by atoms with Gasteiger partial charge in [-0.1, -0.05) is 48.0 Å². The van der Waals surface area contributed by atoms with Crippen molar-refractivity contribution >= 4 is 17.5 Å². The monoisotopic (exact) mass is 331 g/mol. The third kappa shape index (κ3) is 3.66. The minimum absolute atomic E-state index is 0.155. The van der Waals surface area contributed by atoms with Crippen molar-refractivity contribution < 1.29 is 14.6 Å². The van der Waals surface area contributed by atoms with Crippen LogP contribution in [0, 0.1) is 0 Å². The van der Waals surface area contributed by atoms with Crippen LogP contribution >= 0.6 is 11.6 Å². The molecule has 2 aromatic rings. The van der Waals surface area contributed by atoms with E-state index < -0.39 is 6.10 Å². The summed E-state index contributed by atoms with van der Waals surface area (Å²) in [6, 6.07) is 14.6. The number of hydrogen-bond acceptors (Lipinski definition) is 3. The van der Waals surface area contributed by atoms with Gasteiger partial charge in [0.15, 0.2) is 0 Å². The fraction of sp³-hybridized carbons (Fsp3) is 0.278. The summed E-state index contributed by atoms with van der Waals surface area (Å²) in [6.07, 6.45) is 0.189. The molecule has 0 bridgehead atoms. The number of aliphatic hydroxyl groups excluding tert-OH is 1. The predicted molar refractivity (Wildman–Crippen MR) is 88.6 cm³/mol. The van der Waals surface area contributed by atoms with Gasteiger partial charge in [0.2, 0.25) is 5.91 Å². The Hall–Kier alpha value is -2.04. The van der Waals surface area contributed by atoms with Crippen LogP contribution in [0.3, 0.4) is 0 Å². The maximum atomic E-state index is 12.1. The van der Waals surface area contributed by atoms with E-state index >= 15 is 0 Å². The molecule has 120 valence electrons. The average Bonchev–Trinajstić information content (AvgIpc) is 2.85. The topological polar surface area (TPSA) is 58.6 Å². The van der Waals surface area contributed by atoms with Crippen molar-refractivity contribution in [2.24, 2.45) is 0 Å². The van der Waals surface area contributed by atoms with Crippen LogP contribution in [0.4, 0.5) is 0 Å². The number of hydrogen-bond donors (Lipinski definition) is 2. The van der Waals surface area contributed by atoms with Gasteiger partial charge in [0, 0.05) is 6.42 Å². The first-order chi connectivity index (χ1) is 11.1. The second-order valence-electron chi connectivity index (χ2n) is 5.54. The van der Waals surface area contributed by atoms with Crippen molar-refractivity contribution in [3.63, 3.8) is 0 Å². The Morgan fingerprint density at radius 3 is 2.78 bits per heavy atom. The number of fused-ring (bicyclic) bond motifs is 1. The first-order valence-electron chi connectivity index (χ1n) is 7.57. The summed E-state index contributed by atoms with van der Waals surface area (Å²) in [6.45, 7) is 0.236. The first-order valence-corrected chi connectivity index (χ1v) is 7.95. The average molecular weight is 332 g/mol. The number of nitrogens with one attached hydrogen (secondary N) is 1. The molecule has 0 aromatic heterocycles. The smallest absolute Gasteiger partial charge is 0.224 e. The molecule has 2 atom stereocenters. The largest absolute Gasteiger partial charge is 0.491 e. The van der Waals surface area contributed by atoms with Gasteiger partial charge in [-0.3, -0.25) is 4.79 Å². The molecule has 2 unspecified atom stereocenters. The molecule has 2 aromatic carbocycles. The SMILES string of the molecule is O=C(CCOc1ccccc1Cl)NC1c2ccccc2CC1O. The van der Waals surface area contributed by atoms with Crippen molar-refractivity contribution in [2.45, 2.75) is 25.0 Å². The lowest BCUT2D eigenvalue weighted by Gasteiger charge is -2.18. The van der Waals surface area contributed by atoms with E-state index in [2.05, 4.69) is 5.32 Å². The van der Waals surface area contributed by atoms with E-state index in [1.165, 1.54) is 0 Å². The predicted octanol–water partition coefficient (Wildman–Crippen LogP) is 2.88. The zero-order chi connectivity index (χ0) is 16.2. The molecule has 0 fully saturated rings. The highest BCUT2D eigenvalue weighted by Gasteiger charge is 2.31. The summed E-state index contributed by atoms with van der Waals surface area (Å²) in [7, 11) is 0. The highest BCUT2D eigenvalue weighted by atomic mass is 35.5. The second-order valence-corrected chi connectivity index (χ2v) is 5.95. The standard InChI is InChI=1S/C18H18ClNO3/c19-14-7-3-4-8-16(14)23-10-9-17(22)20-18-13-6-2-1-5-12(13)11-15(18)21/h1-8,15,18,21H,9-11H2,(H,20,22). The van der Waals surface area contributed by atoms with Crippen LogP contribution in [0.5, 0.6) is 5.75 Å². The number of benzene rings is 2. The normalized spacial score (nSPS) is 19.2. The summed E-state index contributed by atoms with van der Waals surface area (Å²) < 4.78 is 5.51. The van der Waals surface area contributed by atoms with Gasteiger partial charge in [0.05, 0.1) is 30.2 Å². The third-order valence-corrected chi connectivity index (χ3v) is 4.26. The van der Waals surface area contributed by atoms with Crippen molar-refractivity contribution in [1.29, 1.82) is 0 Å². The molecule has 0 saturated carbocycles. The van der Waals surface area contributed by atoms with Crippen molar-refractivity contribution in [2.75, 3.05) is 6.61 Å². The zero-order valence-electron chi connectivity index (χ0n) is 12.5. The number of carbonyl (C=O) groups excluding carboxylic acids is 1.